The van der Waals surface area contributed by atoms with Crippen molar-refractivity contribution in [3.05, 3.63) is 29.3 Å². The second-order valence-corrected chi connectivity index (χ2v) is 5.25. The normalized spacial score (nSPS) is 19.2. The summed E-state index contributed by atoms with van der Waals surface area (Å²) in [7, 11) is 1.42. The summed E-state index contributed by atoms with van der Waals surface area (Å²) in [5, 5.41) is 11.8. The number of rotatable bonds is 3. The third-order valence-corrected chi connectivity index (χ3v) is 3.89. The first kappa shape index (κ1) is 15.7. The molecule has 1 aromatic rings. The molecular weight excluding hydrogens is 278 g/mol. The second-order valence-electron chi connectivity index (χ2n) is 5.25. The molecule has 1 saturated heterocycles. The molecule has 1 heterocycles. The number of carbonyl (C=O) groups excluding carboxylic acids is 1. The van der Waals surface area contributed by atoms with E-state index < -0.39 is 17.5 Å². The van der Waals surface area contributed by atoms with Gasteiger partial charge in [-0.25, -0.2) is 8.78 Å². The maximum atomic E-state index is 13.8. The van der Waals surface area contributed by atoms with E-state index in [9.17, 15) is 18.7 Å². The molecule has 116 valence electrons. The number of hydrogen-bond acceptors (Lipinski definition) is 3. The summed E-state index contributed by atoms with van der Waals surface area (Å²) in [5.41, 5.74) is -0.273. The van der Waals surface area contributed by atoms with Crippen molar-refractivity contribution in [3.8, 4) is 0 Å². The zero-order valence-corrected chi connectivity index (χ0v) is 12.0. The lowest BCUT2D eigenvalue weighted by molar-refractivity contribution is 0.0599. The van der Waals surface area contributed by atoms with Gasteiger partial charge in [-0.05, 0) is 25.0 Å². The van der Waals surface area contributed by atoms with Gasteiger partial charge in [0.2, 0.25) is 0 Å². The molecule has 0 aliphatic carbocycles. The SMILES string of the molecule is CNc1c(F)cc(C(=O)N2CCCCCC2CO)cc1F. The van der Waals surface area contributed by atoms with Gasteiger partial charge in [-0.2, -0.15) is 0 Å². The van der Waals surface area contributed by atoms with Crippen molar-refractivity contribution < 1.29 is 18.7 Å². The Labute approximate surface area is 122 Å². The topological polar surface area (TPSA) is 52.6 Å². The molecular formula is C15H20F2N2O2. The Bertz CT molecular complexity index is 499. The Morgan fingerprint density at radius 3 is 2.57 bits per heavy atom. The van der Waals surface area contributed by atoms with E-state index in [0.29, 0.717) is 13.0 Å². The molecule has 0 radical (unpaired) electrons. The summed E-state index contributed by atoms with van der Waals surface area (Å²) in [6.45, 7) is 0.367. The summed E-state index contributed by atoms with van der Waals surface area (Å²) in [5.74, 6) is -2.02. The smallest absolute Gasteiger partial charge is 0.254 e. The Morgan fingerprint density at radius 2 is 2.00 bits per heavy atom. The van der Waals surface area contributed by atoms with E-state index in [1.807, 2.05) is 0 Å². The number of hydrogen-bond donors (Lipinski definition) is 2. The fraction of sp³-hybridized carbons (Fsp3) is 0.533. The first-order valence-electron chi connectivity index (χ1n) is 7.17. The van der Waals surface area contributed by atoms with Gasteiger partial charge in [0.05, 0.1) is 12.6 Å². The number of aliphatic hydroxyl groups excluding tert-OH is 1. The van der Waals surface area contributed by atoms with E-state index in [2.05, 4.69) is 5.32 Å². The third-order valence-electron chi connectivity index (χ3n) is 3.89. The molecule has 0 bridgehead atoms. The van der Waals surface area contributed by atoms with Crippen molar-refractivity contribution in [1.29, 1.82) is 0 Å². The minimum atomic E-state index is -0.795. The van der Waals surface area contributed by atoms with Crippen LogP contribution in [0.2, 0.25) is 0 Å². The molecule has 1 aliphatic heterocycles. The highest BCUT2D eigenvalue weighted by molar-refractivity contribution is 5.95. The van der Waals surface area contributed by atoms with Crippen molar-refractivity contribution in [2.75, 3.05) is 25.5 Å². The predicted octanol–water partition coefficient (Wildman–Crippen LogP) is 2.38. The van der Waals surface area contributed by atoms with E-state index in [0.717, 1.165) is 31.4 Å². The highest BCUT2D eigenvalue weighted by Gasteiger charge is 2.27. The molecule has 0 saturated carbocycles. The van der Waals surface area contributed by atoms with E-state index in [-0.39, 0.29) is 23.9 Å². The van der Waals surface area contributed by atoms with Crippen LogP contribution >= 0.6 is 0 Å². The van der Waals surface area contributed by atoms with Gasteiger partial charge in [0.25, 0.3) is 5.91 Å². The number of aliphatic hydroxyl groups is 1. The van der Waals surface area contributed by atoms with Gasteiger partial charge in [-0.1, -0.05) is 12.8 Å². The van der Waals surface area contributed by atoms with E-state index >= 15 is 0 Å². The van der Waals surface area contributed by atoms with Crippen LogP contribution in [0.3, 0.4) is 0 Å². The van der Waals surface area contributed by atoms with Gasteiger partial charge >= 0.3 is 0 Å². The predicted molar refractivity (Wildman–Crippen MR) is 76.3 cm³/mol. The number of nitrogens with zero attached hydrogens (tertiary/aromatic N) is 1. The maximum Gasteiger partial charge on any atom is 0.254 e. The van der Waals surface area contributed by atoms with Gasteiger partial charge in [0.15, 0.2) is 0 Å². The Balaban J connectivity index is 2.29. The summed E-state index contributed by atoms with van der Waals surface area (Å²) in [6, 6.07) is 1.79. The molecule has 1 unspecified atom stereocenters. The van der Waals surface area contributed by atoms with Crippen LogP contribution in [0, 0.1) is 11.6 Å². The summed E-state index contributed by atoms with van der Waals surface area (Å²) in [6.07, 6.45) is 3.47. The van der Waals surface area contributed by atoms with Crippen molar-refractivity contribution >= 4 is 11.6 Å². The monoisotopic (exact) mass is 298 g/mol. The van der Waals surface area contributed by atoms with Crippen LogP contribution in [0.1, 0.15) is 36.0 Å². The Morgan fingerprint density at radius 1 is 1.33 bits per heavy atom. The number of anilines is 1. The van der Waals surface area contributed by atoms with E-state index in [1.54, 1.807) is 0 Å². The molecule has 1 aromatic carbocycles. The van der Waals surface area contributed by atoms with Crippen LogP contribution in [-0.4, -0.2) is 42.2 Å². The van der Waals surface area contributed by atoms with Gasteiger partial charge in [0.1, 0.15) is 17.3 Å². The molecule has 0 spiro atoms. The van der Waals surface area contributed by atoms with Gasteiger partial charge in [0, 0.05) is 19.2 Å². The minimum Gasteiger partial charge on any atom is -0.394 e. The van der Waals surface area contributed by atoms with Crippen molar-refractivity contribution in [1.82, 2.24) is 4.90 Å². The lowest BCUT2D eigenvalue weighted by Gasteiger charge is -2.28. The first-order valence-corrected chi connectivity index (χ1v) is 7.17. The first-order chi connectivity index (χ1) is 10.1. The number of halogens is 2. The lowest BCUT2D eigenvalue weighted by Crippen LogP contribution is -2.42. The maximum absolute atomic E-state index is 13.8. The third kappa shape index (κ3) is 3.32. The molecule has 2 rings (SSSR count). The number of amides is 1. The van der Waals surface area contributed by atoms with Crippen molar-refractivity contribution in [2.24, 2.45) is 0 Å². The standard InChI is InChI=1S/C15H20F2N2O2/c1-18-14-12(16)7-10(8-13(14)17)15(21)19-6-4-2-3-5-11(19)9-20/h7-8,11,18,20H,2-6,9H2,1H3. The number of nitrogens with one attached hydrogen (secondary N) is 1. The molecule has 4 nitrogen and oxygen atoms in total. The molecule has 1 aliphatic rings. The second kappa shape index (κ2) is 6.85. The van der Waals surface area contributed by atoms with Gasteiger partial charge < -0.3 is 15.3 Å². The summed E-state index contributed by atoms with van der Waals surface area (Å²) < 4.78 is 27.6. The lowest BCUT2D eigenvalue weighted by atomic mass is 10.1. The minimum absolute atomic E-state index is 0.0238. The van der Waals surface area contributed by atoms with Crippen molar-refractivity contribution in [3.63, 3.8) is 0 Å². The molecule has 2 N–H and O–H groups in total. The molecule has 1 atom stereocenters. The van der Waals surface area contributed by atoms with Gasteiger partial charge in [-0.15, -0.1) is 0 Å². The highest BCUT2D eigenvalue weighted by atomic mass is 19.1. The largest absolute Gasteiger partial charge is 0.394 e. The highest BCUT2D eigenvalue weighted by Crippen LogP contribution is 2.23. The van der Waals surface area contributed by atoms with Crippen LogP contribution in [0.5, 0.6) is 0 Å². The molecule has 6 heteroatoms. The molecule has 21 heavy (non-hydrogen) atoms. The zero-order valence-electron chi connectivity index (χ0n) is 12.0. The fourth-order valence-corrected chi connectivity index (χ4v) is 2.74. The summed E-state index contributed by atoms with van der Waals surface area (Å²) >= 11 is 0. The Hall–Kier alpha value is -1.69. The number of likely N-dealkylation sites (tertiary alicyclic amines) is 1. The van der Waals surface area contributed by atoms with E-state index in [1.165, 1.54) is 11.9 Å². The summed E-state index contributed by atoms with van der Waals surface area (Å²) in [4.78, 5) is 14.0. The van der Waals surface area contributed by atoms with Crippen LogP contribution in [0.15, 0.2) is 12.1 Å². The molecule has 1 amide bonds. The van der Waals surface area contributed by atoms with Crippen LogP contribution in [-0.2, 0) is 0 Å². The fourth-order valence-electron chi connectivity index (χ4n) is 2.74. The Kier molecular flexibility index (Phi) is 5.12. The molecule has 0 aromatic heterocycles. The van der Waals surface area contributed by atoms with Crippen LogP contribution in [0.4, 0.5) is 14.5 Å². The van der Waals surface area contributed by atoms with Gasteiger partial charge in [-0.3, -0.25) is 4.79 Å². The zero-order chi connectivity index (χ0) is 15.4. The average molecular weight is 298 g/mol. The van der Waals surface area contributed by atoms with Crippen LogP contribution < -0.4 is 5.32 Å². The quantitative estimate of drug-likeness (QED) is 0.901. The number of benzene rings is 1. The molecule has 1 fully saturated rings. The van der Waals surface area contributed by atoms with E-state index in [4.69, 9.17) is 0 Å². The van der Waals surface area contributed by atoms with Crippen LogP contribution in [0.25, 0.3) is 0 Å². The number of carbonyl (C=O) groups is 1. The van der Waals surface area contributed by atoms with Crippen molar-refractivity contribution in [2.45, 2.75) is 31.7 Å². The average Bonchev–Trinajstić information content (AvgIpc) is 2.71.